The first-order chi connectivity index (χ1) is 11.7. The quantitative estimate of drug-likeness (QED) is 0.857. The van der Waals surface area contributed by atoms with Crippen LogP contribution in [0.3, 0.4) is 0 Å². The largest absolute Gasteiger partial charge is 0.372 e. The second-order valence-electron chi connectivity index (χ2n) is 6.38. The molecule has 24 heavy (non-hydrogen) atoms. The molecule has 0 atom stereocenters. The third-order valence-electron chi connectivity index (χ3n) is 4.32. The van der Waals surface area contributed by atoms with Gasteiger partial charge in [0.2, 0.25) is 5.91 Å². The van der Waals surface area contributed by atoms with Gasteiger partial charge in [0, 0.05) is 31.0 Å². The van der Waals surface area contributed by atoms with Gasteiger partial charge in [-0.2, -0.15) is 0 Å². The van der Waals surface area contributed by atoms with Gasteiger partial charge >= 0.3 is 0 Å². The molecule has 1 saturated heterocycles. The number of nitrogens with zero attached hydrogens (tertiary/aromatic N) is 1. The van der Waals surface area contributed by atoms with Crippen molar-refractivity contribution in [1.29, 1.82) is 0 Å². The summed E-state index contributed by atoms with van der Waals surface area (Å²) < 4.78 is 0. The highest BCUT2D eigenvalue weighted by Crippen LogP contribution is 2.21. The van der Waals surface area contributed by atoms with Gasteiger partial charge < -0.3 is 15.5 Å². The Morgan fingerprint density at radius 1 is 1.08 bits per heavy atom. The maximum atomic E-state index is 12.0. The molecular formula is C20H25N3O. The van der Waals surface area contributed by atoms with Crippen molar-refractivity contribution >= 4 is 17.3 Å². The number of aryl methyl sites for hydroxylation is 1. The Labute approximate surface area is 143 Å². The molecule has 2 aromatic rings. The SMILES string of the molecule is Cc1cccc(CNCC(=O)Nc2ccc(N3CCCC3)cc2)c1. The molecule has 0 aromatic heterocycles. The van der Waals surface area contributed by atoms with E-state index in [4.69, 9.17) is 0 Å². The minimum Gasteiger partial charge on any atom is -0.372 e. The molecule has 1 fully saturated rings. The summed E-state index contributed by atoms with van der Waals surface area (Å²) in [5, 5.41) is 6.12. The minimum absolute atomic E-state index is 0.0171. The van der Waals surface area contributed by atoms with E-state index in [0.29, 0.717) is 13.1 Å². The fraction of sp³-hybridized carbons (Fsp3) is 0.350. The molecule has 0 bridgehead atoms. The van der Waals surface area contributed by atoms with Crippen LogP contribution in [0.15, 0.2) is 48.5 Å². The van der Waals surface area contributed by atoms with Crippen LogP contribution in [0.25, 0.3) is 0 Å². The van der Waals surface area contributed by atoms with Gasteiger partial charge in [-0.3, -0.25) is 4.79 Å². The van der Waals surface area contributed by atoms with Crippen molar-refractivity contribution in [3.63, 3.8) is 0 Å². The van der Waals surface area contributed by atoms with Crippen LogP contribution in [0.4, 0.5) is 11.4 Å². The number of amides is 1. The Bertz CT molecular complexity index is 676. The number of benzene rings is 2. The van der Waals surface area contributed by atoms with E-state index in [1.54, 1.807) is 0 Å². The fourth-order valence-electron chi connectivity index (χ4n) is 3.08. The lowest BCUT2D eigenvalue weighted by molar-refractivity contribution is -0.115. The van der Waals surface area contributed by atoms with Gasteiger partial charge in [-0.25, -0.2) is 0 Å². The molecule has 1 amide bonds. The van der Waals surface area contributed by atoms with Crippen LogP contribution in [0.1, 0.15) is 24.0 Å². The highest BCUT2D eigenvalue weighted by atomic mass is 16.1. The van der Waals surface area contributed by atoms with Crippen molar-refractivity contribution in [1.82, 2.24) is 5.32 Å². The summed E-state index contributed by atoms with van der Waals surface area (Å²) >= 11 is 0. The lowest BCUT2D eigenvalue weighted by Gasteiger charge is -2.17. The Morgan fingerprint density at radius 2 is 1.83 bits per heavy atom. The summed E-state index contributed by atoms with van der Waals surface area (Å²) in [6.45, 7) is 5.34. The average molecular weight is 323 g/mol. The standard InChI is InChI=1S/C20H25N3O/c1-16-5-4-6-17(13-16)14-21-15-20(24)22-18-7-9-19(10-8-18)23-11-2-3-12-23/h4-10,13,21H,2-3,11-12,14-15H2,1H3,(H,22,24). The van der Waals surface area contributed by atoms with E-state index in [-0.39, 0.29) is 5.91 Å². The molecule has 1 aliphatic heterocycles. The molecule has 0 unspecified atom stereocenters. The fourth-order valence-corrected chi connectivity index (χ4v) is 3.08. The lowest BCUT2D eigenvalue weighted by Crippen LogP contribution is -2.27. The monoisotopic (exact) mass is 323 g/mol. The van der Waals surface area contributed by atoms with Crippen LogP contribution >= 0.6 is 0 Å². The van der Waals surface area contributed by atoms with Gasteiger partial charge in [0.1, 0.15) is 0 Å². The van der Waals surface area contributed by atoms with E-state index in [0.717, 1.165) is 18.8 Å². The van der Waals surface area contributed by atoms with Gasteiger partial charge in [-0.05, 0) is 49.6 Å². The predicted molar refractivity (Wildman–Crippen MR) is 99.4 cm³/mol. The van der Waals surface area contributed by atoms with Gasteiger partial charge in [0.25, 0.3) is 0 Å². The number of anilines is 2. The summed E-state index contributed by atoms with van der Waals surface area (Å²) in [4.78, 5) is 14.4. The first kappa shape index (κ1) is 16.5. The summed E-state index contributed by atoms with van der Waals surface area (Å²) in [7, 11) is 0. The third kappa shape index (κ3) is 4.59. The molecule has 4 nitrogen and oxygen atoms in total. The summed E-state index contributed by atoms with van der Waals surface area (Å²) in [6, 6.07) is 16.4. The third-order valence-corrected chi connectivity index (χ3v) is 4.32. The highest BCUT2D eigenvalue weighted by molar-refractivity contribution is 5.92. The molecule has 4 heteroatoms. The smallest absolute Gasteiger partial charge is 0.238 e. The minimum atomic E-state index is -0.0171. The van der Waals surface area contributed by atoms with Crippen molar-refractivity contribution in [2.45, 2.75) is 26.3 Å². The van der Waals surface area contributed by atoms with Gasteiger partial charge in [-0.1, -0.05) is 29.8 Å². The zero-order chi connectivity index (χ0) is 16.8. The Morgan fingerprint density at radius 3 is 2.54 bits per heavy atom. The zero-order valence-electron chi connectivity index (χ0n) is 14.2. The maximum absolute atomic E-state index is 12.0. The second-order valence-corrected chi connectivity index (χ2v) is 6.38. The lowest BCUT2D eigenvalue weighted by atomic mass is 10.1. The van der Waals surface area contributed by atoms with Crippen molar-refractivity contribution in [3.05, 3.63) is 59.7 Å². The number of rotatable bonds is 6. The van der Waals surface area contributed by atoms with E-state index < -0.39 is 0 Å². The molecule has 1 heterocycles. The topological polar surface area (TPSA) is 44.4 Å². The molecule has 1 aliphatic rings. The molecular weight excluding hydrogens is 298 g/mol. The van der Waals surface area contributed by atoms with E-state index in [2.05, 4.69) is 52.8 Å². The van der Waals surface area contributed by atoms with E-state index in [1.165, 1.54) is 29.7 Å². The van der Waals surface area contributed by atoms with Crippen LogP contribution in [0.2, 0.25) is 0 Å². The van der Waals surface area contributed by atoms with Gasteiger partial charge in [0.15, 0.2) is 0 Å². The summed E-state index contributed by atoms with van der Waals surface area (Å²) in [5.41, 5.74) is 4.51. The number of hydrogen-bond acceptors (Lipinski definition) is 3. The molecule has 0 aliphatic carbocycles. The van der Waals surface area contributed by atoms with E-state index in [9.17, 15) is 4.79 Å². The number of hydrogen-bond donors (Lipinski definition) is 2. The van der Waals surface area contributed by atoms with Crippen molar-refractivity contribution in [3.8, 4) is 0 Å². The molecule has 3 rings (SSSR count). The first-order valence-corrected chi connectivity index (χ1v) is 8.62. The van der Waals surface area contributed by atoms with Crippen molar-refractivity contribution in [2.24, 2.45) is 0 Å². The van der Waals surface area contributed by atoms with E-state index >= 15 is 0 Å². The summed E-state index contributed by atoms with van der Waals surface area (Å²) in [6.07, 6.45) is 2.54. The van der Waals surface area contributed by atoms with Gasteiger partial charge in [-0.15, -0.1) is 0 Å². The molecule has 126 valence electrons. The number of carbonyl (C=O) groups is 1. The van der Waals surface area contributed by atoms with Crippen molar-refractivity contribution in [2.75, 3.05) is 29.9 Å². The summed E-state index contributed by atoms with van der Waals surface area (Å²) in [5.74, 6) is -0.0171. The van der Waals surface area contributed by atoms with Crippen LogP contribution in [-0.4, -0.2) is 25.5 Å². The predicted octanol–water partition coefficient (Wildman–Crippen LogP) is 3.32. The molecule has 0 saturated carbocycles. The Balaban J connectivity index is 1.44. The highest BCUT2D eigenvalue weighted by Gasteiger charge is 2.12. The number of nitrogens with one attached hydrogen (secondary N) is 2. The number of carbonyl (C=O) groups excluding carboxylic acids is 1. The first-order valence-electron chi connectivity index (χ1n) is 8.62. The van der Waals surface area contributed by atoms with E-state index in [1.807, 2.05) is 18.2 Å². The maximum Gasteiger partial charge on any atom is 0.238 e. The van der Waals surface area contributed by atoms with Crippen LogP contribution < -0.4 is 15.5 Å². The Kier molecular flexibility index (Phi) is 5.49. The molecule has 2 aromatic carbocycles. The molecule has 0 radical (unpaired) electrons. The van der Waals surface area contributed by atoms with Crippen LogP contribution in [-0.2, 0) is 11.3 Å². The van der Waals surface area contributed by atoms with Crippen LogP contribution in [0, 0.1) is 6.92 Å². The van der Waals surface area contributed by atoms with Crippen LogP contribution in [0.5, 0.6) is 0 Å². The zero-order valence-corrected chi connectivity index (χ0v) is 14.2. The van der Waals surface area contributed by atoms with Gasteiger partial charge in [0.05, 0.1) is 6.54 Å². The molecule has 0 spiro atoms. The second kappa shape index (κ2) is 7.97. The average Bonchev–Trinajstić information content (AvgIpc) is 3.10. The van der Waals surface area contributed by atoms with Crippen molar-refractivity contribution < 1.29 is 4.79 Å². The normalized spacial score (nSPS) is 14.0. The Hall–Kier alpha value is -2.33. The molecule has 2 N–H and O–H groups in total.